The molecule has 27 heavy (non-hydrogen) atoms. The summed E-state index contributed by atoms with van der Waals surface area (Å²) in [4.78, 5) is 0. The molecule has 0 saturated heterocycles. The maximum absolute atomic E-state index is 13.2. The number of hydrogen-bond acceptors (Lipinski definition) is 3. The third kappa shape index (κ3) is 3.92. The second-order valence-electron chi connectivity index (χ2n) is 7.29. The third-order valence-electron chi connectivity index (χ3n) is 5.49. The van der Waals surface area contributed by atoms with Crippen LogP contribution in [0.4, 0.5) is 4.39 Å². The topological polar surface area (TPSA) is 41.5 Å². The van der Waals surface area contributed by atoms with Gasteiger partial charge in [-0.25, -0.2) is 4.39 Å². The zero-order valence-electron chi connectivity index (χ0n) is 16.3. The fourth-order valence-electron chi connectivity index (χ4n) is 3.95. The van der Waals surface area contributed by atoms with Gasteiger partial charge in [0.1, 0.15) is 11.6 Å². The number of aliphatic hydroxyl groups excluding tert-OH is 1. The van der Waals surface area contributed by atoms with Crippen molar-refractivity contribution in [1.82, 2.24) is 5.32 Å². The van der Waals surface area contributed by atoms with Crippen molar-refractivity contribution < 1.29 is 14.2 Å². The number of methoxy groups -OCH3 is 1. The molecule has 0 fully saturated rings. The van der Waals surface area contributed by atoms with E-state index in [1.165, 1.54) is 12.1 Å². The Morgan fingerprint density at radius 2 is 1.81 bits per heavy atom. The molecule has 0 saturated carbocycles. The zero-order valence-corrected chi connectivity index (χ0v) is 16.3. The van der Waals surface area contributed by atoms with Crippen LogP contribution in [0.15, 0.2) is 48.2 Å². The molecule has 4 heteroatoms. The molecule has 1 aliphatic heterocycles. The predicted octanol–water partition coefficient (Wildman–Crippen LogP) is 5.25. The Morgan fingerprint density at radius 1 is 1.11 bits per heavy atom. The molecule has 3 rings (SSSR count). The van der Waals surface area contributed by atoms with Gasteiger partial charge in [0.2, 0.25) is 0 Å². The average molecular weight is 369 g/mol. The van der Waals surface area contributed by atoms with Gasteiger partial charge in [-0.2, -0.15) is 0 Å². The summed E-state index contributed by atoms with van der Waals surface area (Å²) in [5, 5.41) is 14.7. The average Bonchev–Trinajstić information content (AvgIpc) is 2.98. The van der Waals surface area contributed by atoms with Crippen LogP contribution in [-0.2, 0) is 4.74 Å². The lowest BCUT2D eigenvalue weighted by atomic mass is 9.87. The molecule has 2 aromatic rings. The van der Waals surface area contributed by atoms with E-state index in [9.17, 15) is 9.50 Å². The van der Waals surface area contributed by atoms with Crippen LogP contribution in [0.1, 0.15) is 37.3 Å². The Hall–Kier alpha value is -2.17. The molecule has 1 aliphatic rings. The number of nitrogens with one attached hydrogen (secondary N) is 1. The molecular weight excluding hydrogens is 341 g/mol. The first-order chi connectivity index (χ1) is 13.0. The molecule has 0 aromatic heterocycles. The lowest BCUT2D eigenvalue weighted by Crippen LogP contribution is -2.43. The molecular formula is C23H28FNO2. The van der Waals surface area contributed by atoms with Crippen molar-refractivity contribution in [1.29, 1.82) is 0 Å². The van der Waals surface area contributed by atoms with E-state index in [1.54, 1.807) is 19.2 Å². The van der Waals surface area contributed by atoms with Gasteiger partial charge in [-0.15, -0.1) is 0 Å². The summed E-state index contributed by atoms with van der Waals surface area (Å²) in [5.74, 6) is 0.190. The quantitative estimate of drug-likeness (QED) is 0.700. The fourth-order valence-corrected chi connectivity index (χ4v) is 3.95. The molecule has 144 valence electrons. The minimum Gasteiger partial charge on any atom is -0.510 e. The molecule has 1 heterocycles. The monoisotopic (exact) mass is 369 g/mol. The molecule has 0 amide bonds. The lowest BCUT2D eigenvalue weighted by Gasteiger charge is -2.29. The molecule has 3 nitrogen and oxygen atoms in total. The summed E-state index contributed by atoms with van der Waals surface area (Å²) >= 11 is 0. The van der Waals surface area contributed by atoms with Gasteiger partial charge in [0.05, 0.1) is 5.54 Å². The van der Waals surface area contributed by atoms with Crippen LogP contribution in [-0.4, -0.2) is 30.9 Å². The highest BCUT2D eigenvalue weighted by atomic mass is 19.1. The summed E-state index contributed by atoms with van der Waals surface area (Å²) in [6, 6.07) is 12.7. The molecule has 2 N–H and O–H groups in total. The van der Waals surface area contributed by atoms with Crippen LogP contribution < -0.4 is 5.32 Å². The Labute approximate surface area is 160 Å². The Balaban J connectivity index is 2.02. The smallest absolute Gasteiger partial charge is 0.123 e. The molecule has 0 spiro atoms. The van der Waals surface area contributed by atoms with Gasteiger partial charge in [0.15, 0.2) is 0 Å². The van der Waals surface area contributed by atoms with Crippen molar-refractivity contribution in [2.75, 3.05) is 20.3 Å². The second kappa shape index (κ2) is 8.24. The maximum atomic E-state index is 13.2. The van der Waals surface area contributed by atoms with Gasteiger partial charge >= 0.3 is 0 Å². The Morgan fingerprint density at radius 3 is 2.48 bits per heavy atom. The summed E-state index contributed by atoms with van der Waals surface area (Å²) in [6.07, 6.45) is 2.58. The van der Waals surface area contributed by atoms with Crippen LogP contribution in [0.2, 0.25) is 0 Å². The Kier molecular flexibility index (Phi) is 5.98. The van der Waals surface area contributed by atoms with Crippen LogP contribution in [0.3, 0.4) is 0 Å². The predicted molar refractivity (Wildman–Crippen MR) is 108 cm³/mol. The second-order valence-corrected chi connectivity index (χ2v) is 7.29. The van der Waals surface area contributed by atoms with E-state index in [-0.39, 0.29) is 5.82 Å². The highest BCUT2D eigenvalue weighted by molar-refractivity contribution is 5.78. The summed E-state index contributed by atoms with van der Waals surface area (Å²) < 4.78 is 18.5. The summed E-state index contributed by atoms with van der Waals surface area (Å²) in [6.45, 7) is 5.41. The molecule has 1 unspecified atom stereocenters. The zero-order chi connectivity index (χ0) is 19.4. The van der Waals surface area contributed by atoms with E-state index in [2.05, 4.69) is 31.3 Å². The van der Waals surface area contributed by atoms with Gasteiger partial charge in [0, 0.05) is 25.8 Å². The van der Waals surface area contributed by atoms with Crippen molar-refractivity contribution in [2.45, 2.75) is 38.6 Å². The first-order valence-electron chi connectivity index (χ1n) is 9.54. The maximum Gasteiger partial charge on any atom is 0.123 e. The van der Waals surface area contributed by atoms with E-state index < -0.39 is 5.54 Å². The lowest BCUT2D eigenvalue weighted by molar-refractivity contribution is 0.147. The van der Waals surface area contributed by atoms with E-state index in [0.29, 0.717) is 18.9 Å². The van der Waals surface area contributed by atoms with Gasteiger partial charge in [-0.3, -0.25) is 0 Å². The number of aryl methyl sites for hydroxylation is 1. The standard InChI is InChI=1S/C23H28FNO2/c1-4-11-23(12-13-27-3)22(26)21(15-25-23)20-14-18(6-5-16(20)2)17-7-9-19(24)10-8-17/h5-10,14,25-26H,4,11-13,15H2,1-3H3. The number of benzene rings is 2. The number of rotatable bonds is 7. The van der Waals surface area contributed by atoms with Crippen LogP contribution >= 0.6 is 0 Å². The SMILES string of the molecule is CCCC1(CCOC)NCC(c2cc(-c3ccc(F)cc3)ccc2C)=C1O. The minimum absolute atomic E-state index is 0.242. The van der Waals surface area contributed by atoms with E-state index in [1.807, 2.05) is 6.07 Å². The van der Waals surface area contributed by atoms with Gasteiger partial charge in [0.25, 0.3) is 0 Å². The van der Waals surface area contributed by atoms with Crippen LogP contribution in [0.25, 0.3) is 16.7 Å². The van der Waals surface area contributed by atoms with Crippen molar-refractivity contribution >= 4 is 5.57 Å². The van der Waals surface area contributed by atoms with Gasteiger partial charge < -0.3 is 15.2 Å². The van der Waals surface area contributed by atoms with Gasteiger partial charge in [-0.1, -0.05) is 37.6 Å². The van der Waals surface area contributed by atoms with Crippen LogP contribution in [0, 0.1) is 12.7 Å². The van der Waals surface area contributed by atoms with E-state index in [0.717, 1.165) is 47.1 Å². The molecule has 2 aromatic carbocycles. The first kappa shape index (κ1) is 19.6. The number of ether oxygens (including phenoxy) is 1. The number of aliphatic hydroxyl groups is 1. The highest BCUT2D eigenvalue weighted by Crippen LogP contribution is 2.38. The minimum atomic E-state index is -0.418. The summed E-state index contributed by atoms with van der Waals surface area (Å²) in [5.41, 5.74) is 4.66. The normalized spacial score (nSPS) is 19.7. The van der Waals surface area contributed by atoms with Crippen LogP contribution in [0.5, 0.6) is 0 Å². The van der Waals surface area contributed by atoms with Crippen molar-refractivity contribution in [3.8, 4) is 11.1 Å². The van der Waals surface area contributed by atoms with E-state index in [4.69, 9.17) is 4.74 Å². The Bertz CT molecular complexity index is 829. The number of hydrogen-bond donors (Lipinski definition) is 2. The largest absolute Gasteiger partial charge is 0.510 e. The van der Waals surface area contributed by atoms with Crippen molar-refractivity contribution in [2.24, 2.45) is 0 Å². The number of halogens is 1. The molecule has 0 bridgehead atoms. The van der Waals surface area contributed by atoms with Gasteiger partial charge in [-0.05, 0) is 60.2 Å². The third-order valence-corrected chi connectivity index (χ3v) is 5.49. The molecule has 0 aliphatic carbocycles. The first-order valence-corrected chi connectivity index (χ1v) is 9.54. The molecule has 0 radical (unpaired) electrons. The summed E-state index contributed by atoms with van der Waals surface area (Å²) in [7, 11) is 1.69. The van der Waals surface area contributed by atoms with Crippen molar-refractivity contribution in [3.63, 3.8) is 0 Å². The van der Waals surface area contributed by atoms with E-state index >= 15 is 0 Å². The molecule has 1 atom stereocenters. The highest BCUT2D eigenvalue weighted by Gasteiger charge is 2.40. The van der Waals surface area contributed by atoms with Crippen molar-refractivity contribution in [3.05, 3.63) is 65.2 Å². The fraction of sp³-hybridized carbons (Fsp3) is 0.391.